The van der Waals surface area contributed by atoms with Gasteiger partial charge in [0.25, 0.3) is 5.91 Å². The Balaban J connectivity index is 1.60. The predicted molar refractivity (Wildman–Crippen MR) is 106 cm³/mol. The van der Waals surface area contributed by atoms with Crippen molar-refractivity contribution >= 4 is 34.6 Å². The number of carbonyl (C=O) groups is 1. The molecule has 0 bridgehead atoms. The first-order chi connectivity index (χ1) is 13.2. The minimum atomic E-state index is -0.443. The fourth-order valence-electron chi connectivity index (χ4n) is 2.86. The van der Waals surface area contributed by atoms with Crippen molar-refractivity contribution in [2.75, 3.05) is 5.32 Å². The summed E-state index contributed by atoms with van der Waals surface area (Å²) in [4.78, 5) is 12.4. The molecule has 3 aromatic carbocycles. The number of para-hydroxylation sites is 2. The smallest absolute Gasteiger partial charge is 0.255 e. The average molecular weight is 357 g/mol. The molecule has 132 valence electrons. The number of benzene rings is 3. The minimum absolute atomic E-state index is 0.270. The maximum Gasteiger partial charge on any atom is 0.255 e. The van der Waals surface area contributed by atoms with Gasteiger partial charge in [-0.15, -0.1) is 0 Å². The predicted octanol–water partition coefficient (Wildman–Crippen LogP) is 5.12. The lowest BCUT2D eigenvalue weighted by Gasteiger charge is -2.08. The second-order valence-corrected chi connectivity index (χ2v) is 6.04. The topological polar surface area (TPSA) is 57.8 Å². The molecule has 0 saturated carbocycles. The lowest BCUT2D eigenvalue weighted by molar-refractivity contribution is 0.102. The van der Waals surface area contributed by atoms with Gasteiger partial charge in [-0.1, -0.05) is 48.5 Å². The molecule has 0 atom stereocenters. The fourth-order valence-corrected chi connectivity index (χ4v) is 2.86. The maximum atomic E-state index is 13.4. The van der Waals surface area contributed by atoms with E-state index in [1.807, 2.05) is 54.6 Å². The van der Waals surface area contributed by atoms with Crippen LogP contribution < -0.4 is 5.32 Å². The number of anilines is 1. The number of H-pyrrole nitrogens is 1. The van der Waals surface area contributed by atoms with Crippen LogP contribution in [-0.4, -0.2) is 16.1 Å². The second-order valence-electron chi connectivity index (χ2n) is 6.04. The maximum absolute atomic E-state index is 13.4. The van der Waals surface area contributed by atoms with Crippen molar-refractivity contribution in [3.63, 3.8) is 0 Å². The number of aromatic amines is 1. The average Bonchev–Trinajstić information content (AvgIpc) is 3.10. The number of nitrogens with one attached hydrogen (secondary N) is 2. The van der Waals surface area contributed by atoms with Crippen molar-refractivity contribution in [3.8, 4) is 0 Å². The zero-order valence-electron chi connectivity index (χ0n) is 14.3. The van der Waals surface area contributed by atoms with E-state index < -0.39 is 5.82 Å². The number of fused-ring (bicyclic) bond motifs is 1. The Labute approximate surface area is 155 Å². The number of hydrogen-bond donors (Lipinski definition) is 2. The first kappa shape index (κ1) is 16.7. The van der Waals surface area contributed by atoms with Crippen LogP contribution in [0, 0.1) is 5.82 Å². The zero-order chi connectivity index (χ0) is 18.6. The van der Waals surface area contributed by atoms with Crippen LogP contribution in [0.1, 0.15) is 21.6 Å². The summed E-state index contributed by atoms with van der Waals surface area (Å²) >= 11 is 0. The molecule has 0 saturated heterocycles. The number of aromatic nitrogens is 2. The van der Waals surface area contributed by atoms with Crippen molar-refractivity contribution in [2.24, 2.45) is 0 Å². The van der Waals surface area contributed by atoms with Gasteiger partial charge in [0, 0.05) is 16.6 Å². The third-order valence-corrected chi connectivity index (χ3v) is 4.22. The van der Waals surface area contributed by atoms with E-state index in [-0.39, 0.29) is 11.5 Å². The van der Waals surface area contributed by atoms with Crippen LogP contribution in [0.3, 0.4) is 0 Å². The lowest BCUT2D eigenvalue weighted by Crippen LogP contribution is -2.12. The first-order valence-electron chi connectivity index (χ1n) is 8.48. The van der Waals surface area contributed by atoms with Crippen LogP contribution in [0.4, 0.5) is 10.1 Å². The Kier molecular flexibility index (Phi) is 4.49. The van der Waals surface area contributed by atoms with E-state index in [2.05, 4.69) is 15.5 Å². The number of amides is 1. The van der Waals surface area contributed by atoms with Crippen LogP contribution in [0.15, 0.2) is 72.8 Å². The lowest BCUT2D eigenvalue weighted by atomic mass is 10.1. The van der Waals surface area contributed by atoms with Gasteiger partial charge in [0.05, 0.1) is 11.2 Å². The van der Waals surface area contributed by atoms with Gasteiger partial charge in [-0.3, -0.25) is 9.89 Å². The van der Waals surface area contributed by atoms with Crippen LogP contribution in [0.2, 0.25) is 0 Å². The number of nitrogens with zero attached hydrogens (tertiary/aromatic N) is 1. The molecule has 4 rings (SSSR count). The Bertz CT molecular complexity index is 1150. The first-order valence-corrected chi connectivity index (χ1v) is 8.48. The molecule has 1 aromatic heterocycles. The van der Waals surface area contributed by atoms with Gasteiger partial charge in [0.15, 0.2) is 0 Å². The van der Waals surface area contributed by atoms with Crippen LogP contribution >= 0.6 is 0 Å². The Hall–Kier alpha value is -3.73. The quantitative estimate of drug-likeness (QED) is 0.532. The standard InChI is InChI=1S/C22H16FN3O/c23-17-8-5-7-16(14-17)22(27)24-19-10-3-1-6-15(19)12-13-21-18-9-2-4-11-20(18)25-26-21/h1-14H,(H,24,27)(H,25,26). The van der Waals surface area contributed by atoms with E-state index >= 15 is 0 Å². The molecule has 4 aromatic rings. The largest absolute Gasteiger partial charge is 0.321 e. The molecule has 5 heteroatoms. The highest BCUT2D eigenvalue weighted by Crippen LogP contribution is 2.21. The van der Waals surface area contributed by atoms with Crippen LogP contribution in [0.25, 0.3) is 23.1 Å². The summed E-state index contributed by atoms with van der Waals surface area (Å²) in [5, 5.41) is 11.2. The number of rotatable bonds is 4. The molecule has 0 aliphatic rings. The van der Waals surface area contributed by atoms with Gasteiger partial charge in [0.1, 0.15) is 5.82 Å². The molecule has 1 amide bonds. The summed E-state index contributed by atoms with van der Waals surface area (Å²) in [6.45, 7) is 0. The molecule has 1 heterocycles. The molecule has 0 spiro atoms. The molecule has 0 aliphatic carbocycles. The van der Waals surface area contributed by atoms with Gasteiger partial charge in [-0.05, 0) is 42.0 Å². The highest BCUT2D eigenvalue weighted by molar-refractivity contribution is 6.05. The highest BCUT2D eigenvalue weighted by Gasteiger charge is 2.09. The normalized spacial score (nSPS) is 11.1. The summed E-state index contributed by atoms with van der Waals surface area (Å²) in [6.07, 6.45) is 3.79. The number of hydrogen-bond acceptors (Lipinski definition) is 2. The number of halogens is 1. The molecule has 27 heavy (non-hydrogen) atoms. The molecular weight excluding hydrogens is 341 g/mol. The Morgan fingerprint density at radius 1 is 0.963 bits per heavy atom. The molecule has 0 radical (unpaired) electrons. The van der Waals surface area contributed by atoms with E-state index in [0.29, 0.717) is 5.69 Å². The molecule has 0 aliphatic heterocycles. The van der Waals surface area contributed by atoms with Gasteiger partial charge >= 0.3 is 0 Å². The van der Waals surface area contributed by atoms with Crippen molar-refractivity contribution in [3.05, 3.63) is 95.4 Å². The summed E-state index contributed by atoms with van der Waals surface area (Å²) in [7, 11) is 0. The second kappa shape index (κ2) is 7.25. The van der Waals surface area contributed by atoms with Gasteiger partial charge in [-0.25, -0.2) is 4.39 Å². The fraction of sp³-hybridized carbons (Fsp3) is 0. The van der Waals surface area contributed by atoms with E-state index in [1.165, 1.54) is 18.2 Å². The number of carbonyl (C=O) groups excluding carboxylic acids is 1. The summed E-state index contributed by atoms with van der Waals surface area (Å²) < 4.78 is 13.4. The highest BCUT2D eigenvalue weighted by atomic mass is 19.1. The van der Waals surface area contributed by atoms with Crippen molar-refractivity contribution in [1.29, 1.82) is 0 Å². The zero-order valence-corrected chi connectivity index (χ0v) is 14.3. The van der Waals surface area contributed by atoms with Crippen molar-refractivity contribution < 1.29 is 9.18 Å². The van der Waals surface area contributed by atoms with Gasteiger partial charge in [0.2, 0.25) is 0 Å². The molecule has 2 N–H and O–H groups in total. The van der Waals surface area contributed by atoms with Crippen LogP contribution in [0.5, 0.6) is 0 Å². The monoisotopic (exact) mass is 357 g/mol. The van der Waals surface area contributed by atoms with E-state index in [9.17, 15) is 9.18 Å². The molecular formula is C22H16FN3O. The summed E-state index contributed by atoms with van der Waals surface area (Å²) in [6, 6.07) is 20.9. The molecule has 4 nitrogen and oxygen atoms in total. The summed E-state index contributed by atoms with van der Waals surface area (Å²) in [5.41, 5.74) is 3.52. The third-order valence-electron chi connectivity index (χ3n) is 4.22. The minimum Gasteiger partial charge on any atom is -0.321 e. The Morgan fingerprint density at radius 3 is 2.67 bits per heavy atom. The Morgan fingerprint density at radius 2 is 1.78 bits per heavy atom. The van der Waals surface area contributed by atoms with Gasteiger partial charge < -0.3 is 5.32 Å². The van der Waals surface area contributed by atoms with Crippen LogP contribution in [-0.2, 0) is 0 Å². The molecule has 0 fully saturated rings. The molecule has 0 unspecified atom stereocenters. The third kappa shape index (κ3) is 3.62. The van der Waals surface area contributed by atoms with Gasteiger partial charge in [-0.2, -0.15) is 5.10 Å². The van der Waals surface area contributed by atoms with E-state index in [4.69, 9.17) is 0 Å². The van der Waals surface area contributed by atoms with E-state index in [1.54, 1.807) is 12.1 Å². The SMILES string of the molecule is O=C(Nc1ccccc1C=Cc1n[nH]c2ccccc12)c1cccc(F)c1. The van der Waals surface area contributed by atoms with Crippen molar-refractivity contribution in [2.45, 2.75) is 0 Å². The van der Waals surface area contributed by atoms with Crippen molar-refractivity contribution in [1.82, 2.24) is 10.2 Å². The summed E-state index contributed by atoms with van der Waals surface area (Å²) in [5.74, 6) is -0.804. The van der Waals surface area contributed by atoms with E-state index in [0.717, 1.165) is 22.2 Å².